The summed E-state index contributed by atoms with van der Waals surface area (Å²) in [6.45, 7) is 2.40. The fourth-order valence-corrected chi connectivity index (χ4v) is 2.17. The van der Waals surface area contributed by atoms with E-state index in [9.17, 15) is 0 Å². The third kappa shape index (κ3) is 4.41. The number of halogens is 3. The van der Waals surface area contributed by atoms with E-state index in [1.54, 1.807) is 13.2 Å². The first kappa shape index (κ1) is 14.7. The van der Waals surface area contributed by atoms with Gasteiger partial charge in [0, 0.05) is 0 Å². The van der Waals surface area contributed by atoms with Crippen molar-refractivity contribution in [3.8, 4) is 11.5 Å². The fraction of sp³-hybridized carbons (Fsp3) is 0.333. The molecule has 0 aromatic heterocycles. The zero-order valence-electron chi connectivity index (χ0n) is 9.60. The monoisotopic (exact) mass is 338 g/mol. The van der Waals surface area contributed by atoms with Crippen molar-refractivity contribution in [2.45, 2.75) is 13.3 Å². The molecular weight excluding hydrogens is 327 g/mol. The molecule has 0 unspecified atom stereocenters. The molecule has 0 aliphatic carbocycles. The maximum Gasteiger partial charge on any atom is 0.136 e. The maximum atomic E-state index is 5.51. The van der Waals surface area contributed by atoms with Gasteiger partial charge in [-0.3, -0.25) is 0 Å². The van der Waals surface area contributed by atoms with Crippen LogP contribution in [0.15, 0.2) is 27.2 Å². The van der Waals surface area contributed by atoms with Crippen LogP contribution >= 0.6 is 39.1 Å². The maximum absolute atomic E-state index is 5.51. The van der Waals surface area contributed by atoms with Crippen molar-refractivity contribution >= 4 is 39.1 Å². The van der Waals surface area contributed by atoms with Crippen LogP contribution in [0.1, 0.15) is 12.5 Å². The van der Waals surface area contributed by atoms with Crippen molar-refractivity contribution in [3.63, 3.8) is 0 Å². The van der Waals surface area contributed by atoms with Gasteiger partial charge < -0.3 is 9.47 Å². The minimum Gasteiger partial charge on any atom is -0.495 e. The van der Waals surface area contributed by atoms with E-state index in [2.05, 4.69) is 22.9 Å². The first-order chi connectivity index (χ1) is 8.08. The number of ether oxygens (including phenoxy) is 2. The molecule has 1 rings (SSSR count). The highest BCUT2D eigenvalue weighted by Gasteiger charge is 2.08. The highest BCUT2D eigenvalue weighted by molar-refractivity contribution is 9.10. The van der Waals surface area contributed by atoms with Gasteiger partial charge in [-0.1, -0.05) is 30.1 Å². The van der Waals surface area contributed by atoms with Gasteiger partial charge in [0.1, 0.15) is 22.6 Å². The quantitative estimate of drug-likeness (QED) is 0.772. The summed E-state index contributed by atoms with van der Waals surface area (Å²) in [4.78, 5) is 0. The minimum atomic E-state index is 0.202. The third-order valence-corrected chi connectivity index (χ3v) is 3.06. The highest BCUT2D eigenvalue weighted by atomic mass is 79.9. The summed E-state index contributed by atoms with van der Waals surface area (Å²) in [7, 11) is 1.65. The Morgan fingerprint density at radius 3 is 2.65 bits per heavy atom. The molecule has 0 atom stereocenters. The van der Waals surface area contributed by atoms with Crippen molar-refractivity contribution in [2.24, 2.45) is 0 Å². The number of benzene rings is 1. The lowest BCUT2D eigenvalue weighted by Gasteiger charge is -2.12. The van der Waals surface area contributed by atoms with Gasteiger partial charge in [-0.05, 0) is 46.1 Å². The van der Waals surface area contributed by atoms with Crippen LogP contribution in [0.3, 0.4) is 0 Å². The smallest absolute Gasteiger partial charge is 0.136 e. The van der Waals surface area contributed by atoms with Crippen molar-refractivity contribution in [1.82, 2.24) is 0 Å². The van der Waals surface area contributed by atoms with Gasteiger partial charge in [-0.2, -0.15) is 0 Å². The van der Waals surface area contributed by atoms with Gasteiger partial charge in [0.05, 0.1) is 11.6 Å². The molecule has 0 aliphatic heterocycles. The molecule has 0 aliphatic rings. The van der Waals surface area contributed by atoms with E-state index in [1.165, 1.54) is 0 Å². The Labute approximate surface area is 120 Å². The molecule has 0 saturated heterocycles. The second-order valence-corrected chi connectivity index (χ2v) is 5.12. The Morgan fingerprint density at radius 2 is 2.12 bits per heavy atom. The predicted octanol–water partition coefficient (Wildman–Crippen LogP) is 4.72. The van der Waals surface area contributed by atoms with Gasteiger partial charge in [-0.25, -0.2) is 0 Å². The molecule has 0 spiro atoms. The minimum absolute atomic E-state index is 0.202. The van der Waals surface area contributed by atoms with Gasteiger partial charge >= 0.3 is 0 Å². The van der Waals surface area contributed by atoms with Crippen LogP contribution in [-0.4, -0.2) is 13.7 Å². The molecule has 2 nitrogen and oxygen atoms in total. The molecule has 0 heterocycles. The SMILES string of the molecule is CCc1cc(OCC=C(Cl)Cl)cc(Br)c1OC. The van der Waals surface area contributed by atoms with E-state index in [0.29, 0.717) is 6.61 Å². The van der Waals surface area contributed by atoms with Gasteiger partial charge in [0.15, 0.2) is 0 Å². The molecule has 0 saturated carbocycles. The molecule has 5 heteroatoms. The van der Waals surface area contributed by atoms with Crippen molar-refractivity contribution < 1.29 is 9.47 Å². The molecule has 0 N–H and O–H groups in total. The summed E-state index contributed by atoms with van der Waals surface area (Å²) >= 11 is 14.4. The summed E-state index contributed by atoms with van der Waals surface area (Å²) in [5, 5.41) is 0. The second kappa shape index (κ2) is 7.14. The first-order valence-electron chi connectivity index (χ1n) is 5.08. The standard InChI is InChI=1S/C12H13BrCl2O2/c1-3-8-6-9(17-5-4-11(14)15)7-10(13)12(8)16-2/h4,6-7H,3,5H2,1-2H3. The Kier molecular flexibility index (Phi) is 6.17. The summed E-state index contributed by atoms with van der Waals surface area (Å²) < 4.78 is 11.9. The van der Waals surface area contributed by atoms with Crippen LogP contribution < -0.4 is 9.47 Å². The second-order valence-electron chi connectivity index (χ2n) is 3.26. The zero-order chi connectivity index (χ0) is 12.8. The Balaban J connectivity index is 2.88. The topological polar surface area (TPSA) is 18.5 Å². The number of rotatable bonds is 5. The van der Waals surface area contributed by atoms with Gasteiger partial charge in [0.2, 0.25) is 0 Å². The van der Waals surface area contributed by atoms with E-state index in [0.717, 1.165) is 28.0 Å². The number of hydrogen-bond donors (Lipinski definition) is 0. The number of hydrogen-bond acceptors (Lipinski definition) is 2. The molecule has 0 fully saturated rings. The van der Waals surface area contributed by atoms with Crippen molar-refractivity contribution in [2.75, 3.05) is 13.7 Å². The molecule has 94 valence electrons. The third-order valence-electron chi connectivity index (χ3n) is 2.17. The van der Waals surface area contributed by atoms with Crippen LogP contribution in [0.5, 0.6) is 11.5 Å². The summed E-state index contributed by atoms with van der Waals surface area (Å²) in [5.41, 5.74) is 1.08. The highest BCUT2D eigenvalue weighted by Crippen LogP contribution is 2.33. The van der Waals surface area contributed by atoms with Crippen LogP contribution in [0, 0.1) is 0 Å². The van der Waals surface area contributed by atoms with Crippen LogP contribution in [0.25, 0.3) is 0 Å². The lowest BCUT2D eigenvalue weighted by Crippen LogP contribution is -1.97. The van der Waals surface area contributed by atoms with Gasteiger partial charge in [-0.15, -0.1) is 0 Å². The summed E-state index contributed by atoms with van der Waals surface area (Å²) in [5.74, 6) is 1.59. The molecule has 0 amide bonds. The van der Waals surface area contributed by atoms with Crippen LogP contribution in [0.4, 0.5) is 0 Å². The molecule has 0 bridgehead atoms. The van der Waals surface area contributed by atoms with E-state index in [4.69, 9.17) is 32.7 Å². The van der Waals surface area contributed by atoms with Crippen LogP contribution in [0.2, 0.25) is 0 Å². The average Bonchev–Trinajstić information content (AvgIpc) is 2.27. The van der Waals surface area contributed by atoms with Crippen LogP contribution in [-0.2, 0) is 6.42 Å². The fourth-order valence-electron chi connectivity index (χ4n) is 1.40. The normalized spacial score (nSPS) is 9.94. The van der Waals surface area contributed by atoms with Crippen molar-refractivity contribution in [1.29, 1.82) is 0 Å². The van der Waals surface area contributed by atoms with Gasteiger partial charge in [0.25, 0.3) is 0 Å². The lowest BCUT2D eigenvalue weighted by molar-refractivity contribution is 0.359. The van der Waals surface area contributed by atoms with Crippen molar-refractivity contribution in [3.05, 3.63) is 32.7 Å². The Hall–Kier alpha value is -0.380. The molecule has 0 radical (unpaired) electrons. The van der Waals surface area contributed by atoms with E-state index in [-0.39, 0.29) is 4.49 Å². The zero-order valence-corrected chi connectivity index (χ0v) is 12.7. The Bertz CT molecular complexity index is 415. The average molecular weight is 340 g/mol. The Morgan fingerprint density at radius 1 is 1.41 bits per heavy atom. The first-order valence-corrected chi connectivity index (χ1v) is 6.63. The largest absolute Gasteiger partial charge is 0.495 e. The predicted molar refractivity (Wildman–Crippen MR) is 75.4 cm³/mol. The number of aryl methyl sites for hydroxylation is 1. The molecule has 1 aromatic rings. The number of methoxy groups -OCH3 is 1. The van der Waals surface area contributed by atoms with E-state index >= 15 is 0 Å². The molecular formula is C12H13BrCl2O2. The van der Waals surface area contributed by atoms with E-state index < -0.39 is 0 Å². The molecule has 1 aromatic carbocycles. The lowest BCUT2D eigenvalue weighted by atomic mass is 10.1. The summed E-state index contributed by atoms with van der Waals surface area (Å²) in [6, 6.07) is 3.80. The molecule has 17 heavy (non-hydrogen) atoms. The summed E-state index contributed by atoms with van der Waals surface area (Å²) in [6.07, 6.45) is 2.46. The van der Waals surface area contributed by atoms with E-state index in [1.807, 2.05) is 12.1 Å².